The van der Waals surface area contributed by atoms with E-state index in [1.807, 2.05) is 13.8 Å². The van der Waals surface area contributed by atoms with E-state index in [4.69, 9.17) is 4.74 Å². The molecular formula is C11H23NO3. The summed E-state index contributed by atoms with van der Waals surface area (Å²) in [7, 11) is 0. The van der Waals surface area contributed by atoms with Crippen molar-refractivity contribution in [3.8, 4) is 0 Å². The number of ether oxygens (including phenoxy) is 1. The first-order valence-electron chi connectivity index (χ1n) is 5.31. The summed E-state index contributed by atoms with van der Waals surface area (Å²) in [6.45, 7) is 10.9. The van der Waals surface area contributed by atoms with Gasteiger partial charge in [0.15, 0.2) is 0 Å². The number of alkyl carbamates (subject to hydrolysis) is 1. The van der Waals surface area contributed by atoms with E-state index in [1.54, 1.807) is 27.7 Å². The average Bonchev–Trinajstić information content (AvgIpc) is 1.95. The summed E-state index contributed by atoms with van der Waals surface area (Å²) in [4.78, 5) is 11.4. The molecule has 0 aromatic heterocycles. The third-order valence-electron chi connectivity index (χ3n) is 1.92. The number of carbonyl (C=O) groups excluding carboxylic acids is 1. The van der Waals surface area contributed by atoms with Gasteiger partial charge < -0.3 is 15.2 Å². The molecule has 2 N–H and O–H groups in total. The Hall–Kier alpha value is -0.770. The van der Waals surface area contributed by atoms with Crippen molar-refractivity contribution in [2.24, 2.45) is 5.92 Å². The molecule has 15 heavy (non-hydrogen) atoms. The molecule has 0 aromatic rings. The lowest BCUT2D eigenvalue weighted by molar-refractivity contribution is 0.0398. The van der Waals surface area contributed by atoms with Crippen LogP contribution in [-0.4, -0.2) is 28.9 Å². The Bertz CT molecular complexity index is 198. The van der Waals surface area contributed by atoms with Crippen molar-refractivity contribution in [2.45, 2.75) is 59.3 Å². The van der Waals surface area contributed by atoms with Gasteiger partial charge in [-0.3, -0.25) is 0 Å². The highest BCUT2D eigenvalue weighted by Crippen LogP contribution is 2.10. The number of aliphatic hydroxyl groups excluding tert-OH is 1. The average molecular weight is 217 g/mol. The highest BCUT2D eigenvalue weighted by atomic mass is 16.6. The number of aliphatic hydroxyl groups is 1. The van der Waals surface area contributed by atoms with Gasteiger partial charge in [0, 0.05) is 0 Å². The molecule has 4 heteroatoms. The minimum atomic E-state index is -0.586. The van der Waals surface area contributed by atoms with E-state index < -0.39 is 17.8 Å². The maximum Gasteiger partial charge on any atom is 0.407 e. The van der Waals surface area contributed by atoms with Crippen LogP contribution in [0.15, 0.2) is 0 Å². The van der Waals surface area contributed by atoms with Crippen LogP contribution in [0.5, 0.6) is 0 Å². The molecule has 1 amide bonds. The summed E-state index contributed by atoms with van der Waals surface area (Å²) in [6.07, 6.45) is -1.07. The van der Waals surface area contributed by atoms with Crippen molar-refractivity contribution in [1.29, 1.82) is 0 Å². The Labute approximate surface area is 92.0 Å². The summed E-state index contributed by atoms with van der Waals surface area (Å²) in [5.41, 5.74) is -0.510. The van der Waals surface area contributed by atoms with Crippen LogP contribution < -0.4 is 5.32 Å². The SMILES string of the molecule is CC(C)[C@@H](NC(=O)OC(C)(C)C)[C@H](C)O. The normalized spacial score (nSPS) is 16.0. The first-order valence-corrected chi connectivity index (χ1v) is 5.31. The van der Waals surface area contributed by atoms with Crippen molar-refractivity contribution in [1.82, 2.24) is 5.32 Å². The fourth-order valence-electron chi connectivity index (χ4n) is 1.29. The fourth-order valence-corrected chi connectivity index (χ4v) is 1.29. The van der Waals surface area contributed by atoms with Gasteiger partial charge >= 0.3 is 6.09 Å². The van der Waals surface area contributed by atoms with Crippen LogP contribution in [0.4, 0.5) is 4.79 Å². The highest BCUT2D eigenvalue weighted by Gasteiger charge is 2.24. The van der Waals surface area contributed by atoms with Crippen molar-refractivity contribution in [3.05, 3.63) is 0 Å². The molecule has 0 radical (unpaired) electrons. The monoisotopic (exact) mass is 217 g/mol. The van der Waals surface area contributed by atoms with Gasteiger partial charge in [0.2, 0.25) is 0 Å². The smallest absolute Gasteiger partial charge is 0.407 e. The maximum absolute atomic E-state index is 11.4. The van der Waals surface area contributed by atoms with E-state index in [0.717, 1.165) is 0 Å². The van der Waals surface area contributed by atoms with Crippen LogP contribution in [0, 0.1) is 5.92 Å². The number of rotatable bonds is 3. The molecule has 90 valence electrons. The van der Waals surface area contributed by atoms with E-state index in [-0.39, 0.29) is 12.0 Å². The molecule has 0 unspecified atom stereocenters. The summed E-state index contributed by atoms with van der Waals surface area (Å²) in [5.74, 6) is 0.164. The number of amides is 1. The lowest BCUT2D eigenvalue weighted by atomic mass is 10.00. The second-order valence-corrected chi connectivity index (χ2v) is 5.16. The molecule has 0 bridgehead atoms. The van der Waals surface area contributed by atoms with Gasteiger partial charge in [0.25, 0.3) is 0 Å². The molecular weight excluding hydrogens is 194 g/mol. The molecule has 0 rings (SSSR count). The lowest BCUT2D eigenvalue weighted by Crippen LogP contribution is -2.47. The number of hydrogen-bond acceptors (Lipinski definition) is 3. The molecule has 0 aromatic carbocycles. The van der Waals surface area contributed by atoms with Gasteiger partial charge in [-0.2, -0.15) is 0 Å². The Morgan fingerprint density at radius 1 is 1.27 bits per heavy atom. The van der Waals surface area contributed by atoms with Gasteiger partial charge in [0.1, 0.15) is 5.60 Å². The molecule has 0 saturated heterocycles. The quantitative estimate of drug-likeness (QED) is 0.759. The van der Waals surface area contributed by atoms with E-state index in [1.165, 1.54) is 0 Å². The third kappa shape index (κ3) is 6.33. The van der Waals surface area contributed by atoms with E-state index in [0.29, 0.717) is 0 Å². The van der Waals surface area contributed by atoms with Crippen LogP contribution in [0.25, 0.3) is 0 Å². The van der Waals surface area contributed by atoms with Gasteiger partial charge in [-0.1, -0.05) is 13.8 Å². The van der Waals surface area contributed by atoms with Crippen molar-refractivity contribution < 1.29 is 14.6 Å². The molecule has 0 fully saturated rings. The van der Waals surface area contributed by atoms with Crippen LogP contribution in [0.2, 0.25) is 0 Å². The van der Waals surface area contributed by atoms with Gasteiger partial charge in [-0.05, 0) is 33.6 Å². The Morgan fingerprint density at radius 3 is 2.00 bits per heavy atom. The van der Waals surface area contributed by atoms with Gasteiger partial charge in [-0.15, -0.1) is 0 Å². The van der Waals surface area contributed by atoms with Gasteiger partial charge in [0.05, 0.1) is 12.1 Å². The zero-order valence-electron chi connectivity index (χ0n) is 10.5. The van der Waals surface area contributed by atoms with E-state index in [2.05, 4.69) is 5.32 Å². The van der Waals surface area contributed by atoms with E-state index >= 15 is 0 Å². The molecule has 4 nitrogen and oxygen atoms in total. The second-order valence-electron chi connectivity index (χ2n) is 5.16. The molecule has 2 atom stereocenters. The molecule has 0 aliphatic heterocycles. The topological polar surface area (TPSA) is 58.6 Å². The Balaban J connectivity index is 4.25. The largest absolute Gasteiger partial charge is 0.444 e. The number of hydrogen-bond donors (Lipinski definition) is 2. The number of nitrogens with one attached hydrogen (secondary N) is 1. The summed E-state index contributed by atoms with van der Waals surface area (Å²) in [6, 6.07) is -0.278. The molecule has 0 saturated carbocycles. The first-order chi connectivity index (χ1) is 6.63. The van der Waals surface area contributed by atoms with Crippen molar-refractivity contribution >= 4 is 6.09 Å². The van der Waals surface area contributed by atoms with Crippen LogP contribution in [0.1, 0.15) is 41.5 Å². The minimum absolute atomic E-state index is 0.164. The van der Waals surface area contributed by atoms with Crippen LogP contribution in [0.3, 0.4) is 0 Å². The summed E-state index contributed by atoms with van der Waals surface area (Å²) < 4.78 is 5.11. The van der Waals surface area contributed by atoms with Crippen LogP contribution >= 0.6 is 0 Å². The lowest BCUT2D eigenvalue weighted by Gasteiger charge is -2.27. The van der Waals surface area contributed by atoms with Gasteiger partial charge in [-0.25, -0.2) is 4.79 Å². The molecule has 0 heterocycles. The minimum Gasteiger partial charge on any atom is -0.444 e. The maximum atomic E-state index is 11.4. The summed E-state index contributed by atoms with van der Waals surface area (Å²) >= 11 is 0. The Morgan fingerprint density at radius 2 is 1.73 bits per heavy atom. The predicted molar refractivity (Wildman–Crippen MR) is 59.7 cm³/mol. The number of carbonyl (C=O) groups is 1. The fraction of sp³-hybridized carbons (Fsp3) is 0.909. The second kappa shape index (κ2) is 5.35. The van der Waals surface area contributed by atoms with Crippen molar-refractivity contribution in [2.75, 3.05) is 0 Å². The molecule has 0 aliphatic rings. The first kappa shape index (κ1) is 14.2. The van der Waals surface area contributed by atoms with E-state index in [9.17, 15) is 9.90 Å². The predicted octanol–water partition coefficient (Wildman–Crippen LogP) is 1.92. The van der Waals surface area contributed by atoms with Crippen LogP contribution in [-0.2, 0) is 4.74 Å². The molecule has 0 aliphatic carbocycles. The third-order valence-corrected chi connectivity index (χ3v) is 1.92. The van der Waals surface area contributed by atoms with Crippen molar-refractivity contribution in [3.63, 3.8) is 0 Å². The zero-order chi connectivity index (χ0) is 12.2. The zero-order valence-corrected chi connectivity index (χ0v) is 10.5. The standard InChI is InChI=1S/C11H23NO3/c1-7(2)9(8(3)13)12-10(14)15-11(4,5)6/h7-9,13H,1-6H3,(H,12,14)/t8-,9+/m0/s1. The Kier molecular flexibility index (Phi) is 5.08. The molecule has 0 spiro atoms. The highest BCUT2D eigenvalue weighted by molar-refractivity contribution is 5.68. The summed E-state index contributed by atoms with van der Waals surface area (Å²) in [5, 5.41) is 12.1.